The Kier molecular flexibility index (Phi) is 3.07. The summed E-state index contributed by atoms with van der Waals surface area (Å²) in [6.45, 7) is 2.66. The van der Waals surface area contributed by atoms with Gasteiger partial charge in [0.15, 0.2) is 0 Å². The van der Waals surface area contributed by atoms with Crippen LogP contribution >= 0.6 is 0 Å². The van der Waals surface area contributed by atoms with Crippen LogP contribution in [0.1, 0.15) is 18.5 Å². The first-order valence-corrected chi connectivity index (χ1v) is 6.18. The van der Waals surface area contributed by atoms with E-state index in [1.54, 1.807) is 0 Å². The fourth-order valence-electron chi connectivity index (χ4n) is 2.31. The van der Waals surface area contributed by atoms with Crippen molar-refractivity contribution in [3.05, 3.63) is 30.0 Å². The first kappa shape index (κ1) is 10.7. The van der Waals surface area contributed by atoms with E-state index < -0.39 is 0 Å². The number of nitrogens with one attached hydrogen (secondary N) is 2. The number of para-hydroxylation sites is 1. The Morgan fingerprint density at radius 2 is 2.35 bits per heavy atom. The summed E-state index contributed by atoms with van der Waals surface area (Å²) < 4.78 is 5.57. The molecule has 17 heavy (non-hydrogen) atoms. The average Bonchev–Trinajstić information content (AvgIpc) is 2.99. The first-order valence-electron chi connectivity index (χ1n) is 6.18. The first-order chi connectivity index (χ1) is 8.43. The number of aromatic amines is 1. The number of ether oxygens (including phenoxy) is 1. The van der Waals surface area contributed by atoms with Crippen LogP contribution in [0.3, 0.4) is 0 Å². The normalized spacial score (nSPS) is 20.1. The van der Waals surface area contributed by atoms with Crippen molar-refractivity contribution in [2.45, 2.75) is 25.5 Å². The van der Waals surface area contributed by atoms with Gasteiger partial charge in [0.25, 0.3) is 0 Å². The zero-order valence-electron chi connectivity index (χ0n) is 9.78. The van der Waals surface area contributed by atoms with Crippen LogP contribution in [0.5, 0.6) is 0 Å². The number of hydrogen-bond acceptors (Lipinski definition) is 3. The van der Waals surface area contributed by atoms with Gasteiger partial charge in [0.2, 0.25) is 0 Å². The molecule has 90 valence electrons. The van der Waals surface area contributed by atoms with E-state index >= 15 is 0 Å². The van der Waals surface area contributed by atoms with Gasteiger partial charge in [-0.1, -0.05) is 18.2 Å². The molecule has 1 aliphatic heterocycles. The minimum Gasteiger partial charge on any atom is -0.377 e. The Morgan fingerprint density at radius 1 is 1.41 bits per heavy atom. The number of aromatic nitrogens is 2. The maximum Gasteiger partial charge on any atom is 0.0924 e. The van der Waals surface area contributed by atoms with E-state index in [1.165, 1.54) is 18.2 Å². The van der Waals surface area contributed by atoms with Crippen molar-refractivity contribution >= 4 is 10.9 Å². The van der Waals surface area contributed by atoms with Crippen molar-refractivity contribution in [2.75, 3.05) is 13.2 Å². The molecule has 1 atom stereocenters. The molecule has 1 aromatic heterocycles. The monoisotopic (exact) mass is 231 g/mol. The average molecular weight is 231 g/mol. The van der Waals surface area contributed by atoms with Crippen LogP contribution in [0.4, 0.5) is 0 Å². The lowest BCUT2D eigenvalue weighted by Crippen LogP contribution is -2.25. The van der Waals surface area contributed by atoms with Gasteiger partial charge in [-0.25, -0.2) is 0 Å². The standard InChI is InChI=1S/C13H17N3O/c1-2-6-12-11(5-1)13(16-15-12)9-14-8-10-4-3-7-17-10/h1-2,5-6,10,14H,3-4,7-9H2,(H,15,16). The fraction of sp³-hybridized carbons (Fsp3) is 0.462. The highest BCUT2D eigenvalue weighted by molar-refractivity contribution is 5.81. The summed E-state index contributed by atoms with van der Waals surface area (Å²) in [6.07, 6.45) is 2.76. The topological polar surface area (TPSA) is 49.9 Å². The molecule has 0 aliphatic carbocycles. The summed E-state index contributed by atoms with van der Waals surface area (Å²) in [5, 5.41) is 12.0. The molecule has 2 aromatic rings. The second-order valence-electron chi connectivity index (χ2n) is 4.49. The minimum atomic E-state index is 0.393. The van der Waals surface area contributed by atoms with E-state index in [4.69, 9.17) is 4.74 Å². The highest BCUT2D eigenvalue weighted by atomic mass is 16.5. The highest BCUT2D eigenvalue weighted by Gasteiger charge is 2.14. The summed E-state index contributed by atoms with van der Waals surface area (Å²) in [7, 11) is 0. The molecular weight excluding hydrogens is 214 g/mol. The number of hydrogen-bond donors (Lipinski definition) is 2. The van der Waals surface area contributed by atoms with Crippen LogP contribution in [0.25, 0.3) is 10.9 Å². The molecule has 1 unspecified atom stereocenters. The number of benzene rings is 1. The van der Waals surface area contributed by atoms with E-state index in [-0.39, 0.29) is 0 Å². The zero-order chi connectivity index (χ0) is 11.5. The molecule has 4 nitrogen and oxygen atoms in total. The smallest absolute Gasteiger partial charge is 0.0924 e. The van der Waals surface area contributed by atoms with E-state index in [2.05, 4.69) is 21.6 Å². The van der Waals surface area contributed by atoms with Crippen molar-refractivity contribution < 1.29 is 4.74 Å². The Labute approximate surface area is 100 Å². The minimum absolute atomic E-state index is 0.393. The summed E-state index contributed by atoms with van der Waals surface area (Å²) in [5.41, 5.74) is 2.18. The number of nitrogens with zero attached hydrogens (tertiary/aromatic N) is 1. The molecule has 1 aromatic carbocycles. The lowest BCUT2D eigenvalue weighted by molar-refractivity contribution is 0.110. The van der Waals surface area contributed by atoms with Gasteiger partial charge in [-0.15, -0.1) is 0 Å². The predicted octanol–water partition coefficient (Wildman–Crippen LogP) is 1.83. The second kappa shape index (κ2) is 4.85. The van der Waals surface area contributed by atoms with E-state index in [0.717, 1.165) is 30.9 Å². The molecule has 1 saturated heterocycles. The summed E-state index contributed by atoms with van der Waals surface area (Å²) in [5.74, 6) is 0. The summed E-state index contributed by atoms with van der Waals surface area (Å²) >= 11 is 0. The molecule has 3 rings (SSSR count). The molecule has 0 spiro atoms. The predicted molar refractivity (Wildman–Crippen MR) is 66.8 cm³/mol. The van der Waals surface area contributed by atoms with Crippen molar-refractivity contribution in [1.82, 2.24) is 15.5 Å². The third-order valence-corrected chi connectivity index (χ3v) is 3.24. The van der Waals surface area contributed by atoms with Crippen molar-refractivity contribution in [3.8, 4) is 0 Å². The fourth-order valence-corrected chi connectivity index (χ4v) is 2.31. The largest absolute Gasteiger partial charge is 0.377 e. The maximum absolute atomic E-state index is 5.57. The third-order valence-electron chi connectivity index (χ3n) is 3.24. The van der Waals surface area contributed by atoms with Gasteiger partial charge in [-0.2, -0.15) is 5.10 Å². The molecule has 1 aliphatic rings. The van der Waals surface area contributed by atoms with Gasteiger partial charge in [-0.05, 0) is 18.9 Å². The molecule has 1 fully saturated rings. The van der Waals surface area contributed by atoms with Gasteiger partial charge < -0.3 is 10.1 Å². The molecule has 2 N–H and O–H groups in total. The van der Waals surface area contributed by atoms with Crippen molar-refractivity contribution in [1.29, 1.82) is 0 Å². The van der Waals surface area contributed by atoms with E-state index in [1.807, 2.05) is 18.2 Å². The Morgan fingerprint density at radius 3 is 3.24 bits per heavy atom. The summed E-state index contributed by atoms with van der Waals surface area (Å²) in [4.78, 5) is 0. The molecule has 4 heteroatoms. The van der Waals surface area contributed by atoms with Gasteiger partial charge in [0, 0.05) is 25.1 Å². The van der Waals surface area contributed by atoms with Crippen molar-refractivity contribution in [2.24, 2.45) is 0 Å². The third kappa shape index (κ3) is 2.33. The molecule has 0 radical (unpaired) electrons. The number of H-pyrrole nitrogens is 1. The van der Waals surface area contributed by atoms with Crippen LogP contribution in [0, 0.1) is 0 Å². The highest BCUT2D eigenvalue weighted by Crippen LogP contribution is 2.15. The second-order valence-corrected chi connectivity index (χ2v) is 4.49. The Bertz CT molecular complexity index is 488. The number of rotatable bonds is 4. The quantitative estimate of drug-likeness (QED) is 0.844. The molecule has 0 saturated carbocycles. The molecule has 0 bridgehead atoms. The van der Waals surface area contributed by atoms with Crippen LogP contribution < -0.4 is 5.32 Å². The van der Waals surface area contributed by atoms with Gasteiger partial charge >= 0.3 is 0 Å². The SMILES string of the molecule is c1ccc2c(CNCC3CCCO3)[nH]nc2c1. The van der Waals surface area contributed by atoms with Gasteiger partial charge in [0.1, 0.15) is 0 Å². The Balaban J connectivity index is 1.60. The Hall–Kier alpha value is -1.39. The van der Waals surface area contributed by atoms with E-state index in [9.17, 15) is 0 Å². The van der Waals surface area contributed by atoms with Crippen LogP contribution in [-0.4, -0.2) is 29.5 Å². The number of fused-ring (bicyclic) bond motifs is 1. The molecular formula is C13H17N3O. The maximum atomic E-state index is 5.57. The van der Waals surface area contributed by atoms with E-state index in [0.29, 0.717) is 6.10 Å². The lowest BCUT2D eigenvalue weighted by Gasteiger charge is -2.09. The molecule has 2 heterocycles. The lowest BCUT2D eigenvalue weighted by atomic mass is 10.2. The van der Waals surface area contributed by atoms with Gasteiger partial charge in [-0.3, -0.25) is 5.10 Å². The zero-order valence-corrected chi connectivity index (χ0v) is 9.78. The van der Waals surface area contributed by atoms with Crippen molar-refractivity contribution in [3.63, 3.8) is 0 Å². The van der Waals surface area contributed by atoms with Crippen LogP contribution in [-0.2, 0) is 11.3 Å². The van der Waals surface area contributed by atoms with Crippen LogP contribution in [0.15, 0.2) is 24.3 Å². The van der Waals surface area contributed by atoms with Crippen LogP contribution in [0.2, 0.25) is 0 Å². The molecule has 0 amide bonds. The van der Waals surface area contributed by atoms with Gasteiger partial charge in [0.05, 0.1) is 17.3 Å². The summed E-state index contributed by atoms with van der Waals surface area (Å²) in [6, 6.07) is 8.17.